The molecule has 1 aromatic carbocycles. The van der Waals surface area contributed by atoms with Gasteiger partial charge in [-0.15, -0.1) is 0 Å². The molecule has 0 heterocycles. The van der Waals surface area contributed by atoms with Gasteiger partial charge in [-0.25, -0.2) is 0 Å². The van der Waals surface area contributed by atoms with Gasteiger partial charge in [0.1, 0.15) is 6.04 Å². The molecule has 0 saturated heterocycles. The molecule has 0 fully saturated rings. The highest BCUT2D eigenvalue weighted by Crippen LogP contribution is 2.17. The van der Waals surface area contributed by atoms with Crippen LogP contribution in [0.4, 0.5) is 0 Å². The van der Waals surface area contributed by atoms with Crippen molar-refractivity contribution in [2.75, 3.05) is 7.11 Å². The van der Waals surface area contributed by atoms with Crippen molar-refractivity contribution in [2.45, 2.75) is 18.6 Å². The molecule has 6 heteroatoms. The third-order valence-corrected chi connectivity index (χ3v) is 2.99. The van der Waals surface area contributed by atoms with E-state index in [4.69, 9.17) is 10.5 Å². The highest BCUT2D eigenvalue weighted by Gasteiger charge is 2.25. The Morgan fingerprint density at radius 3 is 2.45 bits per heavy atom. The number of primary amides is 1. The molecule has 2 amide bonds. The van der Waals surface area contributed by atoms with Crippen LogP contribution in [0.2, 0.25) is 0 Å². The Bertz CT molecular complexity index is 490. The summed E-state index contributed by atoms with van der Waals surface area (Å²) in [5, 5.41) is 2.57. The van der Waals surface area contributed by atoms with Gasteiger partial charge >= 0.3 is 0 Å². The van der Waals surface area contributed by atoms with Gasteiger partial charge < -0.3 is 15.8 Å². The zero-order valence-electron chi connectivity index (χ0n) is 11.1. The van der Waals surface area contributed by atoms with Crippen molar-refractivity contribution in [2.24, 2.45) is 5.73 Å². The lowest BCUT2D eigenvalue weighted by atomic mass is 10.1. The number of carbonyl (C=O) groups is 2. The van der Waals surface area contributed by atoms with Gasteiger partial charge in [0.05, 0.1) is 0 Å². The lowest BCUT2D eigenvalue weighted by molar-refractivity contribution is -0.134. The molecule has 0 saturated carbocycles. The summed E-state index contributed by atoms with van der Waals surface area (Å²) >= 11 is 3.15. The first-order valence-electron chi connectivity index (χ1n) is 5.96. The summed E-state index contributed by atoms with van der Waals surface area (Å²) in [4.78, 5) is 23.5. The van der Waals surface area contributed by atoms with Crippen LogP contribution < -0.4 is 11.1 Å². The van der Waals surface area contributed by atoms with Gasteiger partial charge in [0.2, 0.25) is 5.91 Å². The quantitative estimate of drug-likeness (QED) is 0.791. The summed E-state index contributed by atoms with van der Waals surface area (Å²) in [6.45, 7) is 3.63. The van der Waals surface area contributed by atoms with E-state index in [9.17, 15) is 9.59 Å². The zero-order chi connectivity index (χ0) is 15.1. The average molecular weight is 341 g/mol. The minimum Gasteiger partial charge on any atom is -0.368 e. The smallest absolute Gasteiger partial charge is 0.254 e. The van der Waals surface area contributed by atoms with E-state index in [1.54, 1.807) is 24.3 Å². The van der Waals surface area contributed by atoms with Crippen molar-refractivity contribution >= 4 is 27.7 Å². The van der Waals surface area contributed by atoms with E-state index in [1.165, 1.54) is 7.11 Å². The molecule has 1 aromatic rings. The van der Waals surface area contributed by atoms with E-state index in [2.05, 4.69) is 27.8 Å². The van der Waals surface area contributed by atoms with Gasteiger partial charge in [-0.3, -0.25) is 9.59 Å². The lowest BCUT2D eigenvalue weighted by Crippen LogP contribution is -2.46. The second kappa shape index (κ2) is 7.81. The number of benzene rings is 1. The van der Waals surface area contributed by atoms with E-state index < -0.39 is 24.0 Å². The van der Waals surface area contributed by atoms with E-state index in [-0.39, 0.29) is 6.42 Å². The van der Waals surface area contributed by atoms with Crippen LogP contribution in [0, 0.1) is 0 Å². The summed E-state index contributed by atoms with van der Waals surface area (Å²) in [6.07, 6.45) is -0.562. The van der Waals surface area contributed by atoms with E-state index in [0.717, 1.165) is 0 Å². The SMILES string of the molecule is C=C(Br)C[C@@H](NC(=O)[C@@H](OC)c1ccccc1)C(N)=O. The van der Waals surface area contributed by atoms with Crippen LogP contribution in [0.1, 0.15) is 18.1 Å². The summed E-state index contributed by atoms with van der Waals surface area (Å²) in [7, 11) is 1.43. The Morgan fingerprint density at radius 1 is 1.40 bits per heavy atom. The molecular formula is C14H17BrN2O3. The number of hydrogen-bond donors (Lipinski definition) is 2. The number of methoxy groups -OCH3 is 1. The molecule has 0 unspecified atom stereocenters. The Hall–Kier alpha value is -1.66. The van der Waals surface area contributed by atoms with Crippen molar-refractivity contribution in [3.63, 3.8) is 0 Å². The Kier molecular flexibility index (Phi) is 6.41. The highest BCUT2D eigenvalue weighted by molar-refractivity contribution is 9.11. The first-order valence-corrected chi connectivity index (χ1v) is 6.75. The summed E-state index contributed by atoms with van der Waals surface area (Å²) in [5.41, 5.74) is 5.96. The minimum absolute atomic E-state index is 0.228. The fourth-order valence-corrected chi connectivity index (χ4v) is 2.04. The molecule has 0 bridgehead atoms. The fraction of sp³-hybridized carbons (Fsp3) is 0.286. The number of amides is 2. The highest BCUT2D eigenvalue weighted by atomic mass is 79.9. The number of nitrogens with two attached hydrogens (primary N) is 1. The molecule has 3 N–H and O–H groups in total. The third kappa shape index (κ3) is 4.79. The van der Waals surface area contributed by atoms with Crippen LogP contribution >= 0.6 is 15.9 Å². The van der Waals surface area contributed by atoms with Crippen LogP contribution in [-0.2, 0) is 14.3 Å². The first kappa shape index (κ1) is 16.4. The van der Waals surface area contributed by atoms with E-state index in [1.807, 2.05) is 6.07 Å². The molecular weight excluding hydrogens is 324 g/mol. The van der Waals surface area contributed by atoms with Gasteiger partial charge in [0.15, 0.2) is 6.10 Å². The topological polar surface area (TPSA) is 81.4 Å². The number of rotatable bonds is 7. The second-order valence-corrected chi connectivity index (χ2v) is 5.33. The van der Waals surface area contributed by atoms with Crippen molar-refractivity contribution in [1.82, 2.24) is 5.32 Å². The van der Waals surface area contributed by atoms with Gasteiger partial charge in [0, 0.05) is 13.5 Å². The van der Waals surface area contributed by atoms with Crippen LogP contribution in [0.15, 0.2) is 41.4 Å². The maximum atomic E-state index is 12.2. The van der Waals surface area contributed by atoms with Gasteiger partial charge in [-0.2, -0.15) is 0 Å². The maximum Gasteiger partial charge on any atom is 0.254 e. The minimum atomic E-state index is -0.823. The molecule has 20 heavy (non-hydrogen) atoms. The third-order valence-electron chi connectivity index (χ3n) is 2.66. The van der Waals surface area contributed by atoms with Crippen molar-refractivity contribution in [3.8, 4) is 0 Å². The van der Waals surface area contributed by atoms with Crippen molar-refractivity contribution < 1.29 is 14.3 Å². The maximum absolute atomic E-state index is 12.2. The number of carbonyl (C=O) groups excluding carboxylic acids is 2. The standard InChI is InChI=1S/C14H17BrN2O3/c1-9(15)8-11(13(16)18)17-14(19)12(20-2)10-6-4-3-5-7-10/h3-7,11-12H,1,8H2,2H3,(H2,16,18)(H,17,19)/t11-,12+/m1/s1. The lowest BCUT2D eigenvalue weighted by Gasteiger charge is -2.20. The zero-order valence-corrected chi connectivity index (χ0v) is 12.7. The molecule has 108 valence electrons. The Balaban J connectivity index is 2.81. The predicted octanol–water partition coefficient (Wildman–Crippen LogP) is 1.64. The summed E-state index contributed by atoms with van der Waals surface area (Å²) < 4.78 is 5.76. The fourth-order valence-electron chi connectivity index (χ4n) is 1.71. The van der Waals surface area contributed by atoms with Crippen LogP contribution in [0.5, 0.6) is 0 Å². The Morgan fingerprint density at radius 2 is 2.00 bits per heavy atom. The molecule has 0 aliphatic rings. The van der Waals surface area contributed by atoms with E-state index >= 15 is 0 Å². The Labute approximate surface area is 126 Å². The molecule has 0 aromatic heterocycles. The predicted molar refractivity (Wildman–Crippen MR) is 80.0 cm³/mol. The summed E-state index contributed by atoms with van der Waals surface area (Å²) in [5.74, 6) is -1.04. The molecule has 0 radical (unpaired) electrons. The summed E-state index contributed by atoms with van der Waals surface area (Å²) in [6, 6.07) is 8.18. The molecule has 1 rings (SSSR count). The van der Waals surface area contributed by atoms with Crippen LogP contribution in [0.25, 0.3) is 0 Å². The van der Waals surface area contributed by atoms with Crippen LogP contribution in [-0.4, -0.2) is 25.0 Å². The van der Waals surface area contributed by atoms with Gasteiger partial charge in [-0.05, 0) is 10.0 Å². The van der Waals surface area contributed by atoms with Crippen LogP contribution in [0.3, 0.4) is 0 Å². The number of nitrogens with one attached hydrogen (secondary N) is 1. The first-order chi connectivity index (χ1) is 9.45. The van der Waals surface area contributed by atoms with Gasteiger partial charge in [-0.1, -0.05) is 52.8 Å². The number of halogens is 1. The van der Waals surface area contributed by atoms with E-state index in [0.29, 0.717) is 10.0 Å². The largest absolute Gasteiger partial charge is 0.368 e. The normalized spacial score (nSPS) is 13.3. The number of hydrogen-bond acceptors (Lipinski definition) is 3. The second-order valence-electron chi connectivity index (χ2n) is 4.21. The monoisotopic (exact) mass is 340 g/mol. The number of ether oxygens (including phenoxy) is 1. The molecule has 0 spiro atoms. The average Bonchev–Trinajstić information content (AvgIpc) is 2.39. The molecule has 2 atom stereocenters. The van der Waals surface area contributed by atoms with Crippen molar-refractivity contribution in [1.29, 1.82) is 0 Å². The molecule has 0 aliphatic heterocycles. The molecule has 0 aliphatic carbocycles. The molecule has 5 nitrogen and oxygen atoms in total. The van der Waals surface area contributed by atoms with Crippen molar-refractivity contribution in [3.05, 3.63) is 47.0 Å². The van der Waals surface area contributed by atoms with Gasteiger partial charge in [0.25, 0.3) is 5.91 Å².